The number of aromatic nitrogens is 1. The summed E-state index contributed by atoms with van der Waals surface area (Å²) in [5.74, 6) is 0. The van der Waals surface area contributed by atoms with Gasteiger partial charge in [-0.05, 0) is 52.5 Å². The van der Waals surface area contributed by atoms with E-state index in [1.807, 2.05) is 11.3 Å². The van der Waals surface area contributed by atoms with Gasteiger partial charge in [-0.15, -0.1) is 11.3 Å². The molecular weight excluding hydrogens is 503 g/mol. The van der Waals surface area contributed by atoms with E-state index in [4.69, 9.17) is 0 Å². The van der Waals surface area contributed by atoms with Gasteiger partial charge in [-0.1, -0.05) is 97.1 Å². The van der Waals surface area contributed by atoms with Crippen LogP contribution in [0.15, 0.2) is 127 Å². The summed E-state index contributed by atoms with van der Waals surface area (Å²) in [6.07, 6.45) is 0. The monoisotopic (exact) mass is 524 g/mol. The first kappa shape index (κ1) is 21.1. The highest BCUT2D eigenvalue weighted by Gasteiger charge is 2.45. The SMILES string of the molecule is c1ccc2c(c1)B1N(c3ccccc3-2)c2cc(-c3cccc4c3sc3ccccc34)cc3c4ccccc4n1c23. The van der Waals surface area contributed by atoms with Gasteiger partial charge in [0.1, 0.15) is 0 Å². The van der Waals surface area contributed by atoms with Crippen LogP contribution in [0.5, 0.6) is 0 Å². The van der Waals surface area contributed by atoms with Crippen LogP contribution in [0.4, 0.5) is 11.4 Å². The normalized spacial score (nSPS) is 13.4. The molecule has 6 aromatic carbocycles. The lowest BCUT2D eigenvalue weighted by atomic mass is 9.60. The molecule has 2 aliphatic heterocycles. The Morgan fingerprint density at radius 3 is 2.20 bits per heavy atom. The molecule has 0 bridgehead atoms. The molecule has 0 spiro atoms. The fraction of sp³-hybridized carbons (Fsp3) is 0. The van der Waals surface area contributed by atoms with Crippen molar-refractivity contribution in [1.29, 1.82) is 0 Å². The molecule has 184 valence electrons. The van der Waals surface area contributed by atoms with E-state index in [-0.39, 0.29) is 6.98 Å². The van der Waals surface area contributed by atoms with E-state index in [9.17, 15) is 0 Å². The average molecular weight is 524 g/mol. The second-order valence-electron chi connectivity index (χ2n) is 10.9. The van der Waals surface area contributed by atoms with Crippen LogP contribution in [0.2, 0.25) is 0 Å². The highest BCUT2D eigenvalue weighted by Crippen LogP contribution is 2.51. The molecule has 2 aliphatic rings. The number of nitrogens with zero attached hydrogens (tertiary/aromatic N) is 2. The quantitative estimate of drug-likeness (QED) is 0.194. The van der Waals surface area contributed by atoms with Gasteiger partial charge in [-0.3, -0.25) is 0 Å². The molecule has 8 aromatic rings. The maximum Gasteiger partial charge on any atom is 0.421 e. The van der Waals surface area contributed by atoms with Crippen molar-refractivity contribution in [2.24, 2.45) is 0 Å². The Kier molecular flexibility index (Phi) is 3.92. The van der Waals surface area contributed by atoms with Gasteiger partial charge in [0.25, 0.3) is 0 Å². The van der Waals surface area contributed by atoms with E-state index >= 15 is 0 Å². The molecule has 0 unspecified atom stereocenters. The lowest BCUT2D eigenvalue weighted by Gasteiger charge is -2.34. The number of fused-ring (bicyclic) bond motifs is 14. The van der Waals surface area contributed by atoms with E-state index in [1.165, 1.54) is 81.1 Å². The minimum atomic E-state index is 0.0823. The molecule has 2 aromatic heterocycles. The Balaban J connectivity index is 1.34. The minimum Gasteiger partial charge on any atom is -0.359 e. The van der Waals surface area contributed by atoms with Crippen molar-refractivity contribution >= 4 is 77.1 Å². The lowest BCUT2D eigenvalue weighted by molar-refractivity contribution is 1.31. The molecule has 0 amide bonds. The Morgan fingerprint density at radius 2 is 1.25 bits per heavy atom. The summed E-state index contributed by atoms with van der Waals surface area (Å²) in [6.45, 7) is 0.0823. The number of thiophene rings is 1. The summed E-state index contributed by atoms with van der Waals surface area (Å²) in [4.78, 5) is 2.58. The molecule has 0 saturated carbocycles. The molecule has 0 radical (unpaired) electrons. The van der Waals surface area contributed by atoms with Gasteiger partial charge in [0.05, 0.1) is 11.2 Å². The van der Waals surface area contributed by atoms with Gasteiger partial charge in [0.15, 0.2) is 0 Å². The number of hydrogen-bond acceptors (Lipinski definition) is 2. The van der Waals surface area contributed by atoms with Crippen molar-refractivity contribution in [2.45, 2.75) is 0 Å². The minimum absolute atomic E-state index is 0.0823. The zero-order valence-electron chi connectivity index (χ0n) is 21.5. The Labute approximate surface area is 235 Å². The van der Waals surface area contributed by atoms with Gasteiger partial charge in [-0.2, -0.15) is 0 Å². The standard InChI is InChI=1S/C36H21BN2S/c1-5-16-30-24(10-1)25-11-2-6-17-31(25)38-33-21-22(20-29-26-12-3-7-18-32(26)39(35(29)33)37(30)38)23-14-9-15-28-27-13-4-8-19-34(27)40-36(23)28/h1-21H. The molecule has 4 heterocycles. The molecule has 0 aliphatic carbocycles. The maximum atomic E-state index is 2.58. The smallest absolute Gasteiger partial charge is 0.359 e. The Hall–Kier alpha value is -4.80. The highest BCUT2D eigenvalue weighted by molar-refractivity contribution is 7.26. The summed E-state index contributed by atoms with van der Waals surface area (Å²) in [6, 6.07) is 47.2. The van der Waals surface area contributed by atoms with Crippen LogP contribution in [0.1, 0.15) is 0 Å². The zero-order valence-corrected chi connectivity index (χ0v) is 22.3. The van der Waals surface area contributed by atoms with Gasteiger partial charge in [-0.25, -0.2) is 0 Å². The van der Waals surface area contributed by atoms with Crippen molar-refractivity contribution in [2.75, 3.05) is 4.81 Å². The van der Waals surface area contributed by atoms with Gasteiger partial charge < -0.3 is 9.29 Å². The fourth-order valence-electron chi connectivity index (χ4n) is 7.34. The van der Waals surface area contributed by atoms with Crippen molar-refractivity contribution < 1.29 is 0 Å². The third kappa shape index (κ3) is 2.51. The van der Waals surface area contributed by atoms with Crippen molar-refractivity contribution in [1.82, 2.24) is 4.48 Å². The van der Waals surface area contributed by atoms with Crippen molar-refractivity contribution in [3.05, 3.63) is 127 Å². The maximum absolute atomic E-state index is 2.58. The number of anilines is 2. The van der Waals surface area contributed by atoms with Gasteiger partial charge >= 0.3 is 6.98 Å². The van der Waals surface area contributed by atoms with Crippen LogP contribution < -0.4 is 10.3 Å². The number of benzene rings is 6. The lowest BCUT2D eigenvalue weighted by Crippen LogP contribution is -2.51. The summed E-state index contributed by atoms with van der Waals surface area (Å²) in [5, 5.41) is 5.33. The van der Waals surface area contributed by atoms with E-state index in [0.29, 0.717) is 0 Å². The molecule has 40 heavy (non-hydrogen) atoms. The zero-order chi connectivity index (χ0) is 25.9. The first-order chi connectivity index (χ1) is 19.9. The van der Waals surface area contributed by atoms with Crippen molar-refractivity contribution in [3.8, 4) is 22.3 Å². The van der Waals surface area contributed by atoms with Gasteiger partial charge in [0, 0.05) is 47.7 Å². The molecule has 0 saturated heterocycles. The highest BCUT2D eigenvalue weighted by atomic mass is 32.1. The second-order valence-corrected chi connectivity index (χ2v) is 12.0. The molecular formula is C36H21BN2S. The number of hydrogen-bond donors (Lipinski definition) is 0. The molecule has 0 N–H and O–H groups in total. The molecule has 4 heteroatoms. The predicted octanol–water partition coefficient (Wildman–Crippen LogP) is 9.20. The van der Waals surface area contributed by atoms with Crippen LogP contribution >= 0.6 is 11.3 Å². The Morgan fingerprint density at radius 1 is 0.525 bits per heavy atom. The van der Waals surface area contributed by atoms with Crippen LogP contribution in [0, 0.1) is 0 Å². The van der Waals surface area contributed by atoms with Crippen molar-refractivity contribution in [3.63, 3.8) is 0 Å². The van der Waals surface area contributed by atoms with E-state index < -0.39 is 0 Å². The molecule has 0 atom stereocenters. The summed E-state index contributed by atoms with van der Waals surface area (Å²) in [7, 11) is 0. The van der Waals surface area contributed by atoms with Crippen LogP contribution in [-0.4, -0.2) is 11.5 Å². The van der Waals surface area contributed by atoms with Crippen LogP contribution in [0.25, 0.3) is 64.2 Å². The number of para-hydroxylation sites is 2. The second kappa shape index (κ2) is 7.44. The first-order valence-corrected chi connectivity index (χ1v) is 14.6. The third-order valence-corrected chi connectivity index (χ3v) is 10.2. The molecule has 10 rings (SSSR count). The Bertz CT molecular complexity index is 2360. The van der Waals surface area contributed by atoms with Crippen LogP contribution in [0.3, 0.4) is 0 Å². The van der Waals surface area contributed by atoms with Gasteiger partial charge in [0.2, 0.25) is 0 Å². The van der Waals surface area contributed by atoms with Crippen LogP contribution in [-0.2, 0) is 0 Å². The fourth-order valence-corrected chi connectivity index (χ4v) is 8.58. The van der Waals surface area contributed by atoms with E-state index in [1.54, 1.807) is 0 Å². The average Bonchev–Trinajstić information content (AvgIpc) is 3.68. The predicted molar refractivity (Wildman–Crippen MR) is 173 cm³/mol. The van der Waals surface area contributed by atoms with E-state index in [2.05, 4.69) is 137 Å². The third-order valence-electron chi connectivity index (χ3n) is 8.94. The number of rotatable bonds is 1. The first-order valence-electron chi connectivity index (χ1n) is 13.8. The largest absolute Gasteiger partial charge is 0.421 e. The summed E-state index contributed by atoms with van der Waals surface area (Å²) in [5.41, 5.74) is 11.7. The van der Waals surface area contributed by atoms with E-state index in [0.717, 1.165) is 0 Å². The topological polar surface area (TPSA) is 8.17 Å². The summed E-state index contributed by atoms with van der Waals surface area (Å²) < 4.78 is 5.28. The summed E-state index contributed by atoms with van der Waals surface area (Å²) >= 11 is 1.90. The molecule has 2 nitrogen and oxygen atoms in total. The molecule has 0 fully saturated rings.